The summed E-state index contributed by atoms with van der Waals surface area (Å²) >= 11 is 0. The van der Waals surface area contributed by atoms with Gasteiger partial charge in [0.1, 0.15) is 0 Å². The summed E-state index contributed by atoms with van der Waals surface area (Å²) in [5.41, 5.74) is 8.08. The number of benzene rings is 3. The molecule has 2 nitrogen and oxygen atoms in total. The van der Waals surface area contributed by atoms with Gasteiger partial charge in [0.2, 0.25) is 0 Å². The first-order chi connectivity index (χ1) is 12.3. The van der Waals surface area contributed by atoms with E-state index in [9.17, 15) is 0 Å². The van der Waals surface area contributed by atoms with Crippen LogP contribution in [0.2, 0.25) is 0 Å². The summed E-state index contributed by atoms with van der Waals surface area (Å²) in [5.74, 6) is 0. The number of hydrogen-bond acceptors (Lipinski definition) is 2. The minimum absolute atomic E-state index is 0.888. The van der Waals surface area contributed by atoms with Gasteiger partial charge in [0.25, 0.3) is 0 Å². The van der Waals surface area contributed by atoms with Gasteiger partial charge in [-0.25, -0.2) is 0 Å². The average molecular weight is 322 g/mol. The van der Waals surface area contributed by atoms with Gasteiger partial charge >= 0.3 is 0 Å². The van der Waals surface area contributed by atoms with Gasteiger partial charge in [-0.15, -0.1) is 0 Å². The van der Waals surface area contributed by atoms with Crippen LogP contribution in [0.25, 0.3) is 33.5 Å². The highest BCUT2D eigenvalue weighted by molar-refractivity contribution is 5.95. The predicted octanol–water partition coefficient (Wildman–Crippen LogP) is 5.79. The molecule has 0 saturated heterocycles. The molecule has 0 radical (unpaired) electrons. The van der Waals surface area contributed by atoms with Crippen molar-refractivity contribution < 1.29 is 0 Å². The van der Waals surface area contributed by atoms with Crippen LogP contribution in [-0.4, -0.2) is 9.97 Å². The smallest absolute Gasteiger partial charge is 0.0891 e. The van der Waals surface area contributed by atoms with Crippen molar-refractivity contribution in [2.45, 2.75) is 6.92 Å². The van der Waals surface area contributed by atoms with Gasteiger partial charge in [0.15, 0.2) is 0 Å². The Hall–Kier alpha value is -3.26. The van der Waals surface area contributed by atoms with E-state index < -0.39 is 0 Å². The molecule has 0 bridgehead atoms. The fourth-order valence-electron chi connectivity index (χ4n) is 3.24. The van der Waals surface area contributed by atoms with E-state index >= 15 is 0 Å². The summed E-state index contributed by atoms with van der Waals surface area (Å²) in [4.78, 5) is 8.80. The standard InChI is InChI=1S/C23H18N2/c1-17-12-13-20(21-16-24-14-15-25-21)23(19-10-6-3-7-11-19)22(17)18-8-4-2-5-9-18/h2-16H,1H3. The fourth-order valence-corrected chi connectivity index (χ4v) is 3.24. The highest BCUT2D eigenvalue weighted by atomic mass is 14.8. The maximum Gasteiger partial charge on any atom is 0.0891 e. The second-order valence-electron chi connectivity index (χ2n) is 6.00. The minimum Gasteiger partial charge on any atom is -0.261 e. The topological polar surface area (TPSA) is 25.8 Å². The normalized spacial score (nSPS) is 10.6. The highest BCUT2D eigenvalue weighted by Gasteiger charge is 2.16. The monoisotopic (exact) mass is 322 g/mol. The Labute approximate surface area is 147 Å². The Morgan fingerprint density at radius 1 is 0.640 bits per heavy atom. The van der Waals surface area contributed by atoms with Gasteiger partial charge in [-0.1, -0.05) is 72.8 Å². The predicted molar refractivity (Wildman–Crippen MR) is 103 cm³/mol. The van der Waals surface area contributed by atoms with Crippen molar-refractivity contribution >= 4 is 0 Å². The van der Waals surface area contributed by atoms with E-state index in [1.165, 1.54) is 27.8 Å². The Balaban J connectivity index is 2.08. The lowest BCUT2D eigenvalue weighted by Gasteiger charge is -2.18. The van der Waals surface area contributed by atoms with Crippen LogP contribution in [-0.2, 0) is 0 Å². The van der Waals surface area contributed by atoms with Gasteiger partial charge in [0, 0.05) is 18.0 Å². The second kappa shape index (κ2) is 6.70. The number of hydrogen-bond donors (Lipinski definition) is 0. The fraction of sp³-hybridized carbons (Fsp3) is 0.0435. The van der Waals surface area contributed by atoms with E-state index in [1.54, 1.807) is 12.4 Å². The summed E-state index contributed by atoms with van der Waals surface area (Å²) in [6, 6.07) is 25.4. The first-order valence-electron chi connectivity index (χ1n) is 8.35. The molecule has 2 heteroatoms. The average Bonchev–Trinajstić information content (AvgIpc) is 2.70. The third kappa shape index (κ3) is 2.94. The van der Waals surface area contributed by atoms with Gasteiger partial charge in [-0.05, 0) is 34.7 Å². The SMILES string of the molecule is Cc1ccc(-c2cnccn2)c(-c2ccccc2)c1-c1ccccc1. The van der Waals surface area contributed by atoms with Crippen LogP contribution in [0.15, 0.2) is 91.4 Å². The van der Waals surface area contributed by atoms with Crippen molar-refractivity contribution in [1.29, 1.82) is 0 Å². The van der Waals surface area contributed by atoms with Crippen LogP contribution < -0.4 is 0 Å². The van der Waals surface area contributed by atoms with Crippen molar-refractivity contribution in [2.75, 3.05) is 0 Å². The van der Waals surface area contributed by atoms with E-state index in [-0.39, 0.29) is 0 Å². The quantitative estimate of drug-likeness (QED) is 0.477. The molecular weight excluding hydrogens is 304 g/mol. The number of rotatable bonds is 3. The maximum atomic E-state index is 4.54. The Morgan fingerprint density at radius 3 is 1.88 bits per heavy atom. The molecule has 0 atom stereocenters. The molecule has 120 valence electrons. The highest BCUT2D eigenvalue weighted by Crippen LogP contribution is 2.41. The zero-order valence-corrected chi connectivity index (χ0v) is 14.1. The summed E-state index contributed by atoms with van der Waals surface area (Å²) < 4.78 is 0. The maximum absolute atomic E-state index is 4.54. The van der Waals surface area contributed by atoms with Gasteiger partial charge in [-0.2, -0.15) is 0 Å². The third-order valence-corrected chi connectivity index (χ3v) is 4.38. The zero-order valence-electron chi connectivity index (χ0n) is 14.1. The van der Waals surface area contributed by atoms with Crippen molar-refractivity contribution in [3.63, 3.8) is 0 Å². The Kier molecular flexibility index (Phi) is 4.09. The summed E-state index contributed by atoms with van der Waals surface area (Å²) in [6.07, 6.45) is 5.27. The van der Waals surface area contributed by atoms with E-state index in [0.717, 1.165) is 11.3 Å². The van der Waals surface area contributed by atoms with Crippen molar-refractivity contribution in [3.05, 3.63) is 97.0 Å². The van der Waals surface area contributed by atoms with Gasteiger partial charge in [-0.3, -0.25) is 9.97 Å². The van der Waals surface area contributed by atoms with Gasteiger partial charge < -0.3 is 0 Å². The Bertz CT molecular complexity index is 978. The Morgan fingerprint density at radius 2 is 1.28 bits per heavy atom. The molecule has 1 heterocycles. The summed E-state index contributed by atoms with van der Waals surface area (Å²) in [6.45, 7) is 2.16. The van der Waals surface area contributed by atoms with E-state index in [0.29, 0.717) is 0 Å². The van der Waals surface area contributed by atoms with Crippen LogP contribution in [0.1, 0.15) is 5.56 Å². The van der Waals surface area contributed by atoms with Crippen molar-refractivity contribution in [2.24, 2.45) is 0 Å². The molecule has 0 N–H and O–H groups in total. The molecule has 1 aromatic heterocycles. The first kappa shape index (κ1) is 15.3. The zero-order chi connectivity index (χ0) is 17.1. The molecule has 0 aliphatic rings. The first-order valence-corrected chi connectivity index (χ1v) is 8.35. The van der Waals surface area contributed by atoms with Crippen LogP contribution >= 0.6 is 0 Å². The molecule has 0 spiro atoms. The summed E-state index contributed by atoms with van der Waals surface area (Å²) in [5, 5.41) is 0. The van der Waals surface area contributed by atoms with Crippen LogP contribution in [0, 0.1) is 6.92 Å². The molecule has 0 aliphatic heterocycles. The number of aryl methyl sites for hydroxylation is 1. The number of aromatic nitrogens is 2. The molecule has 25 heavy (non-hydrogen) atoms. The minimum atomic E-state index is 0.888. The molecular formula is C23H18N2. The molecule has 0 unspecified atom stereocenters. The molecule has 0 amide bonds. The van der Waals surface area contributed by atoms with Crippen LogP contribution in [0.3, 0.4) is 0 Å². The second-order valence-corrected chi connectivity index (χ2v) is 6.00. The third-order valence-electron chi connectivity index (χ3n) is 4.38. The van der Waals surface area contributed by atoms with E-state index in [4.69, 9.17) is 0 Å². The van der Waals surface area contributed by atoms with Crippen LogP contribution in [0.5, 0.6) is 0 Å². The van der Waals surface area contributed by atoms with E-state index in [2.05, 4.69) is 77.6 Å². The lowest BCUT2D eigenvalue weighted by Crippen LogP contribution is -1.95. The molecule has 0 fully saturated rings. The summed E-state index contributed by atoms with van der Waals surface area (Å²) in [7, 11) is 0. The molecule has 4 rings (SSSR count). The van der Waals surface area contributed by atoms with Crippen LogP contribution in [0.4, 0.5) is 0 Å². The molecule has 0 aliphatic carbocycles. The lowest BCUT2D eigenvalue weighted by molar-refractivity contribution is 1.20. The van der Waals surface area contributed by atoms with Gasteiger partial charge in [0.05, 0.1) is 11.9 Å². The van der Waals surface area contributed by atoms with E-state index in [1.807, 2.05) is 18.3 Å². The largest absolute Gasteiger partial charge is 0.261 e. The molecule has 4 aromatic rings. The van der Waals surface area contributed by atoms with Crippen molar-refractivity contribution in [3.8, 4) is 33.5 Å². The van der Waals surface area contributed by atoms with Crippen molar-refractivity contribution in [1.82, 2.24) is 9.97 Å². The molecule has 0 saturated carbocycles. The molecule has 3 aromatic carbocycles. The number of nitrogens with zero attached hydrogens (tertiary/aromatic N) is 2. The lowest BCUT2D eigenvalue weighted by atomic mass is 9.86.